The van der Waals surface area contributed by atoms with Gasteiger partial charge >= 0.3 is 6.03 Å². The Morgan fingerprint density at radius 3 is 2.56 bits per heavy atom. The molecular formula is C22H30N4O. The van der Waals surface area contributed by atoms with Crippen molar-refractivity contribution in [1.82, 2.24) is 20.1 Å². The van der Waals surface area contributed by atoms with E-state index in [4.69, 9.17) is 0 Å². The van der Waals surface area contributed by atoms with Gasteiger partial charge in [0.25, 0.3) is 0 Å². The van der Waals surface area contributed by atoms with Gasteiger partial charge in [-0.25, -0.2) is 4.79 Å². The van der Waals surface area contributed by atoms with Crippen molar-refractivity contribution < 1.29 is 4.79 Å². The molecule has 5 heteroatoms. The van der Waals surface area contributed by atoms with Crippen LogP contribution in [0.4, 0.5) is 4.79 Å². The Labute approximate surface area is 162 Å². The number of nitrogens with zero attached hydrogens (tertiary/aromatic N) is 3. The maximum absolute atomic E-state index is 12.9. The van der Waals surface area contributed by atoms with E-state index < -0.39 is 0 Å². The first-order valence-corrected chi connectivity index (χ1v) is 9.88. The first-order valence-electron chi connectivity index (χ1n) is 9.88. The predicted octanol–water partition coefficient (Wildman–Crippen LogP) is 2.97. The van der Waals surface area contributed by atoms with Gasteiger partial charge in [-0.2, -0.15) is 0 Å². The van der Waals surface area contributed by atoms with Crippen LogP contribution in [-0.2, 0) is 12.8 Å². The van der Waals surface area contributed by atoms with Gasteiger partial charge in [-0.1, -0.05) is 36.4 Å². The Kier molecular flexibility index (Phi) is 7.22. The van der Waals surface area contributed by atoms with Crippen LogP contribution in [0.15, 0.2) is 54.9 Å². The molecule has 144 valence electrons. The molecule has 2 amide bonds. The third-order valence-electron chi connectivity index (χ3n) is 5.29. The summed E-state index contributed by atoms with van der Waals surface area (Å²) in [6.07, 6.45) is 7.41. The smallest absolute Gasteiger partial charge is 0.317 e. The first kappa shape index (κ1) is 19.4. The third-order valence-corrected chi connectivity index (χ3v) is 5.29. The van der Waals surface area contributed by atoms with Crippen LogP contribution < -0.4 is 5.32 Å². The minimum atomic E-state index is 0.0596. The quantitative estimate of drug-likeness (QED) is 0.820. The second kappa shape index (κ2) is 10.1. The van der Waals surface area contributed by atoms with E-state index in [0.29, 0.717) is 12.6 Å². The average molecular weight is 367 g/mol. The second-order valence-corrected chi connectivity index (χ2v) is 7.31. The standard InChI is InChI=1S/C22H30N4O/c1-25-15-11-21(12-16-25)26(17-10-19-6-3-2-4-7-19)22(27)24-14-9-20-8-5-13-23-18-20/h2-8,13,18,21H,9-12,14-17H2,1H3,(H,24,27). The molecule has 0 bridgehead atoms. The van der Waals surface area contributed by atoms with E-state index in [1.165, 1.54) is 5.56 Å². The highest BCUT2D eigenvalue weighted by Crippen LogP contribution is 2.17. The number of piperidine rings is 1. The van der Waals surface area contributed by atoms with Crippen molar-refractivity contribution in [3.63, 3.8) is 0 Å². The Morgan fingerprint density at radius 2 is 1.85 bits per heavy atom. The molecule has 2 heterocycles. The number of likely N-dealkylation sites (tertiary alicyclic amines) is 1. The summed E-state index contributed by atoms with van der Waals surface area (Å²) in [7, 11) is 2.15. The lowest BCUT2D eigenvalue weighted by Crippen LogP contribution is -2.51. The minimum absolute atomic E-state index is 0.0596. The molecule has 1 aliphatic rings. The van der Waals surface area contributed by atoms with E-state index in [1.54, 1.807) is 6.20 Å². The van der Waals surface area contributed by atoms with Crippen LogP contribution in [0.1, 0.15) is 24.0 Å². The molecule has 0 saturated carbocycles. The van der Waals surface area contributed by atoms with Gasteiger partial charge in [0.1, 0.15) is 0 Å². The maximum atomic E-state index is 12.9. The van der Waals surface area contributed by atoms with Gasteiger partial charge in [0, 0.05) is 31.5 Å². The molecule has 3 rings (SSSR count). The molecule has 0 aliphatic carbocycles. The number of hydrogen-bond acceptors (Lipinski definition) is 3. The van der Waals surface area contributed by atoms with Crippen molar-refractivity contribution in [2.24, 2.45) is 0 Å². The van der Waals surface area contributed by atoms with Crippen molar-refractivity contribution in [1.29, 1.82) is 0 Å². The predicted molar refractivity (Wildman–Crippen MR) is 109 cm³/mol. The van der Waals surface area contributed by atoms with Crippen molar-refractivity contribution in [2.75, 3.05) is 33.2 Å². The highest BCUT2D eigenvalue weighted by Gasteiger charge is 2.26. The molecule has 1 aromatic carbocycles. The van der Waals surface area contributed by atoms with Crippen LogP contribution in [0.5, 0.6) is 0 Å². The van der Waals surface area contributed by atoms with Gasteiger partial charge in [-0.15, -0.1) is 0 Å². The van der Waals surface area contributed by atoms with Crippen LogP contribution >= 0.6 is 0 Å². The molecule has 2 aromatic rings. The second-order valence-electron chi connectivity index (χ2n) is 7.31. The number of benzene rings is 1. The van der Waals surface area contributed by atoms with Crippen molar-refractivity contribution in [3.05, 3.63) is 66.0 Å². The van der Waals surface area contributed by atoms with Crippen molar-refractivity contribution >= 4 is 6.03 Å². The summed E-state index contributed by atoms with van der Waals surface area (Å²) in [5, 5.41) is 3.12. The number of nitrogens with one attached hydrogen (secondary N) is 1. The first-order chi connectivity index (χ1) is 13.2. The van der Waals surface area contributed by atoms with Crippen LogP contribution in [0, 0.1) is 0 Å². The molecule has 0 spiro atoms. The van der Waals surface area contributed by atoms with Gasteiger partial charge in [-0.3, -0.25) is 4.98 Å². The summed E-state index contributed by atoms with van der Waals surface area (Å²) < 4.78 is 0. The fourth-order valence-corrected chi connectivity index (χ4v) is 3.61. The summed E-state index contributed by atoms with van der Waals surface area (Å²) in [6.45, 7) is 3.50. The minimum Gasteiger partial charge on any atom is -0.338 e. The fraction of sp³-hybridized carbons (Fsp3) is 0.455. The monoisotopic (exact) mass is 366 g/mol. The van der Waals surface area contributed by atoms with Gasteiger partial charge < -0.3 is 15.1 Å². The molecule has 1 aromatic heterocycles. The molecule has 1 saturated heterocycles. The fourth-order valence-electron chi connectivity index (χ4n) is 3.61. The van der Waals surface area contributed by atoms with Crippen LogP contribution in [-0.4, -0.2) is 60.1 Å². The number of urea groups is 1. The molecular weight excluding hydrogens is 336 g/mol. The normalized spacial score (nSPS) is 15.4. The van der Waals surface area contributed by atoms with Gasteiger partial charge in [0.05, 0.1) is 0 Å². The summed E-state index contributed by atoms with van der Waals surface area (Å²) in [6, 6.07) is 14.8. The topological polar surface area (TPSA) is 48.5 Å². The molecule has 1 fully saturated rings. The molecule has 0 atom stereocenters. The number of carbonyl (C=O) groups excluding carboxylic acids is 1. The SMILES string of the molecule is CN1CCC(N(CCc2ccccc2)C(=O)NCCc2cccnc2)CC1. The van der Waals surface area contributed by atoms with E-state index in [0.717, 1.165) is 50.9 Å². The molecule has 0 unspecified atom stereocenters. The van der Waals surface area contributed by atoms with Gasteiger partial charge in [-0.05, 0) is 63.0 Å². The van der Waals surface area contributed by atoms with Gasteiger partial charge in [0.15, 0.2) is 0 Å². The maximum Gasteiger partial charge on any atom is 0.317 e. The molecule has 1 aliphatic heterocycles. The van der Waals surface area contributed by atoms with Crippen molar-refractivity contribution in [2.45, 2.75) is 31.7 Å². The van der Waals surface area contributed by atoms with Crippen LogP contribution in [0.2, 0.25) is 0 Å². The van der Waals surface area contributed by atoms with E-state index in [9.17, 15) is 4.79 Å². The zero-order chi connectivity index (χ0) is 18.9. The Bertz CT molecular complexity index is 684. The molecule has 27 heavy (non-hydrogen) atoms. The summed E-state index contributed by atoms with van der Waals surface area (Å²) in [5.74, 6) is 0. The number of aromatic nitrogens is 1. The zero-order valence-corrected chi connectivity index (χ0v) is 16.2. The highest BCUT2D eigenvalue weighted by molar-refractivity contribution is 5.74. The lowest BCUT2D eigenvalue weighted by molar-refractivity contribution is 0.132. The Balaban J connectivity index is 1.56. The Morgan fingerprint density at radius 1 is 1.11 bits per heavy atom. The third kappa shape index (κ3) is 6.07. The van der Waals surface area contributed by atoms with Crippen molar-refractivity contribution in [3.8, 4) is 0 Å². The number of amides is 2. The number of rotatable bonds is 7. The van der Waals surface area contributed by atoms with Crippen LogP contribution in [0.3, 0.4) is 0 Å². The lowest BCUT2D eigenvalue weighted by Gasteiger charge is -2.37. The van der Waals surface area contributed by atoms with Gasteiger partial charge in [0.2, 0.25) is 0 Å². The largest absolute Gasteiger partial charge is 0.338 e. The van der Waals surface area contributed by atoms with E-state index in [-0.39, 0.29) is 6.03 Å². The molecule has 0 radical (unpaired) electrons. The number of carbonyl (C=O) groups is 1. The summed E-state index contributed by atoms with van der Waals surface area (Å²) in [5.41, 5.74) is 2.42. The van der Waals surface area contributed by atoms with E-state index >= 15 is 0 Å². The zero-order valence-electron chi connectivity index (χ0n) is 16.2. The Hall–Kier alpha value is -2.40. The molecule has 1 N–H and O–H groups in total. The van der Waals surface area contributed by atoms with E-state index in [2.05, 4.69) is 51.4 Å². The lowest BCUT2D eigenvalue weighted by atomic mass is 10.0. The highest BCUT2D eigenvalue weighted by atomic mass is 16.2. The molecule has 5 nitrogen and oxygen atoms in total. The van der Waals surface area contributed by atoms with E-state index in [1.807, 2.05) is 24.4 Å². The summed E-state index contributed by atoms with van der Waals surface area (Å²) >= 11 is 0. The number of pyridine rings is 1. The summed E-state index contributed by atoms with van der Waals surface area (Å²) in [4.78, 5) is 21.5. The number of hydrogen-bond donors (Lipinski definition) is 1. The average Bonchev–Trinajstić information content (AvgIpc) is 2.71. The van der Waals surface area contributed by atoms with Crippen LogP contribution in [0.25, 0.3) is 0 Å².